The highest BCUT2D eigenvalue weighted by molar-refractivity contribution is 6.05. The van der Waals surface area contributed by atoms with E-state index in [-0.39, 0.29) is 0 Å². The largest absolute Gasteiger partial charge is 0.417 e. The molecular formula is C26H22F3N5O. The number of aryl methyl sites for hydroxylation is 2. The molecule has 9 heteroatoms. The molecule has 0 bridgehead atoms. The molecule has 3 aromatic carbocycles. The van der Waals surface area contributed by atoms with Gasteiger partial charge in [-0.15, -0.1) is 0 Å². The Balaban J connectivity index is 1.45. The standard InChI is InChI=1S/C26H22F3N5O/c1-16-7-9-18(10-8-16)31-23-15-17(2)30-25(34-23)33-20-13-11-19(12-14-20)32-24(35)21-5-3-4-6-22(21)26(27,28)29/h3-15H,1-2H3,(H,32,35)(H2,30,31,33,34). The second-order valence-electron chi connectivity index (χ2n) is 7.91. The number of aromatic nitrogens is 2. The molecule has 0 fully saturated rings. The lowest BCUT2D eigenvalue weighted by molar-refractivity contribution is -0.137. The van der Waals surface area contributed by atoms with Crippen LogP contribution in [0.5, 0.6) is 0 Å². The minimum atomic E-state index is -4.62. The molecule has 35 heavy (non-hydrogen) atoms. The fourth-order valence-electron chi connectivity index (χ4n) is 3.37. The first-order valence-electron chi connectivity index (χ1n) is 10.7. The molecule has 0 unspecified atom stereocenters. The number of carbonyl (C=O) groups is 1. The molecule has 0 atom stereocenters. The third-order valence-electron chi connectivity index (χ3n) is 5.05. The first kappa shape index (κ1) is 23.7. The summed E-state index contributed by atoms with van der Waals surface area (Å²) >= 11 is 0. The molecule has 6 nitrogen and oxygen atoms in total. The Morgan fingerprint density at radius 1 is 0.771 bits per heavy atom. The summed E-state index contributed by atoms with van der Waals surface area (Å²) in [6, 6.07) is 20.9. The minimum Gasteiger partial charge on any atom is -0.340 e. The predicted octanol–water partition coefficient (Wildman–Crippen LogP) is 6.85. The Kier molecular flexibility index (Phi) is 6.68. The highest BCUT2D eigenvalue weighted by atomic mass is 19.4. The molecule has 0 saturated carbocycles. The van der Waals surface area contributed by atoms with Crippen LogP contribution in [-0.4, -0.2) is 15.9 Å². The van der Waals surface area contributed by atoms with Gasteiger partial charge in [0, 0.05) is 28.8 Å². The van der Waals surface area contributed by atoms with E-state index < -0.39 is 23.2 Å². The van der Waals surface area contributed by atoms with Crippen LogP contribution in [0.4, 0.5) is 42.0 Å². The fourth-order valence-corrected chi connectivity index (χ4v) is 3.37. The molecule has 0 aliphatic rings. The number of alkyl halides is 3. The van der Waals surface area contributed by atoms with Gasteiger partial charge in [0.1, 0.15) is 5.82 Å². The van der Waals surface area contributed by atoms with Gasteiger partial charge in [0.25, 0.3) is 5.91 Å². The summed E-state index contributed by atoms with van der Waals surface area (Å²) in [5, 5.41) is 8.84. The van der Waals surface area contributed by atoms with Crippen molar-refractivity contribution in [3.63, 3.8) is 0 Å². The van der Waals surface area contributed by atoms with Crippen molar-refractivity contribution in [1.29, 1.82) is 0 Å². The molecule has 4 rings (SSSR count). The van der Waals surface area contributed by atoms with E-state index in [1.54, 1.807) is 24.3 Å². The number of halogens is 3. The summed E-state index contributed by atoms with van der Waals surface area (Å²) < 4.78 is 39.6. The Morgan fingerprint density at radius 2 is 1.37 bits per heavy atom. The number of benzene rings is 3. The number of carbonyl (C=O) groups excluding carboxylic acids is 1. The van der Waals surface area contributed by atoms with Crippen molar-refractivity contribution in [3.8, 4) is 0 Å². The number of hydrogen-bond donors (Lipinski definition) is 3. The second-order valence-corrected chi connectivity index (χ2v) is 7.91. The number of nitrogens with zero attached hydrogens (tertiary/aromatic N) is 2. The van der Waals surface area contributed by atoms with Crippen molar-refractivity contribution in [2.45, 2.75) is 20.0 Å². The number of hydrogen-bond acceptors (Lipinski definition) is 5. The van der Waals surface area contributed by atoms with Crippen LogP contribution < -0.4 is 16.0 Å². The van der Waals surface area contributed by atoms with E-state index in [9.17, 15) is 18.0 Å². The van der Waals surface area contributed by atoms with Crippen LogP contribution in [0, 0.1) is 13.8 Å². The Bertz CT molecular complexity index is 1340. The quantitative estimate of drug-likeness (QED) is 0.283. The van der Waals surface area contributed by atoms with Gasteiger partial charge in [-0.25, -0.2) is 4.98 Å². The number of anilines is 5. The topological polar surface area (TPSA) is 78.9 Å². The smallest absolute Gasteiger partial charge is 0.340 e. The lowest BCUT2D eigenvalue weighted by Gasteiger charge is -2.13. The molecule has 3 N–H and O–H groups in total. The zero-order valence-electron chi connectivity index (χ0n) is 18.9. The highest BCUT2D eigenvalue weighted by Crippen LogP contribution is 2.32. The second kappa shape index (κ2) is 9.84. The van der Waals surface area contributed by atoms with E-state index >= 15 is 0 Å². The van der Waals surface area contributed by atoms with Gasteiger partial charge in [-0.2, -0.15) is 18.2 Å². The first-order chi connectivity index (χ1) is 16.7. The Hall–Kier alpha value is -4.40. The first-order valence-corrected chi connectivity index (χ1v) is 10.7. The van der Waals surface area contributed by atoms with E-state index in [2.05, 4.69) is 25.9 Å². The van der Waals surface area contributed by atoms with Crippen LogP contribution in [0.2, 0.25) is 0 Å². The SMILES string of the molecule is Cc1ccc(Nc2cc(C)nc(Nc3ccc(NC(=O)c4ccccc4C(F)(F)F)cc3)n2)cc1. The van der Waals surface area contributed by atoms with Gasteiger partial charge in [0.2, 0.25) is 5.95 Å². The van der Waals surface area contributed by atoms with Crippen LogP contribution in [0.1, 0.15) is 27.2 Å². The van der Waals surface area contributed by atoms with Gasteiger partial charge >= 0.3 is 6.18 Å². The summed E-state index contributed by atoms with van der Waals surface area (Å²) in [7, 11) is 0. The van der Waals surface area contributed by atoms with Gasteiger partial charge in [-0.3, -0.25) is 4.79 Å². The van der Waals surface area contributed by atoms with Gasteiger partial charge in [0.05, 0.1) is 11.1 Å². The van der Waals surface area contributed by atoms with E-state index in [4.69, 9.17) is 0 Å². The average Bonchev–Trinajstić information content (AvgIpc) is 2.81. The molecule has 0 aliphatic carbocycles. The van der Waals surface area contributed by atoms with Crippen molar-refractivity contribution in [2.75, 3.05) is 16.0 Å². The Morgan fingerprint density at radius 3 is 2.06 bits per heavy atom. The minimum absolute atomic E-state index is 0.351. The molecule has 0 radical (unpaired) electrons. The summed E-state index contributed by atoms with van der Waals surface area (Å²) in [6.07, 6.45) is -4.62. The van der Waals surface area contributed by atoms with Crippen LogP contribution in [0.15, 0.2) is 78.9 Å². The van der Waals surface area contributed by atoms with Crippen molar-refractivity contribution >= 4 is 34.7 Å². The van der Waals surface area contributed by atoms with Crippen molar-refractivity contribution in [3.05, 3.63) is 101 Å². The Labute approximate surface area is 200 Å². The van der Waals surface area contributed by atoms with Crippen LogP contribution >= 0.6 is 0 Å². The van der Waals surface area contributed by atoms with Gasteiger partial charge < -0.3 is 16.0 Å². The third kappa shape index (κ3) is 6.14. The number of rotatable bonds is 6. The average molecular weight is 477 g/mol. The molecule has 1 aromatic heterocycles. The van der Waals surface area contributed by atoms with Gasteiger partial charge in [-0.05, 0) is 62.4 Å². The van der Waals surface area contributed by atoms with E-state index in [1.807, 2.05) is 44.2 Å². The number of nitrogens with one attached hydrogen (secondary N) is 3. The fraction of sp³-hybridized carbons (Fsp3) is 0.115. The van der Waals surface area contributed by atoms with Crippen molar-refractivity contribution in [1.82, 2.24) is 9.97 Å². The van der Waals surface area contributed by atoms with E-state index in [0.29, 0.717) is 23.1 Å². The van der Waals surface area contributed by atoms with E-state index in [0.717, 1.165) is 29.1 Å². The molecule has 0 spiro atoms. The molecule has 1 heterocycles. The summed E-state index contributed by atoms with van der Waals surface area (Å²) in [6.45, 7) is 3.86. The van der Waals surface area contributed by atoms with Crippen molar-refractivity contribution in [2.24, 2.45) is 0 Å². The van der Waals surface area contributed by atoms with Gasteiger partial charge in [0.15, 0.2) is 0 Å². The molecule has 0 saturated heterocycles. The zero-order valence-corrected chi connectivity index (χ0v) is 18.9. The molecular weight excluding hydrogens is 455 g/mol. The predicted molar refractivity (Wildman–Crippen MR) is 130 cm³/mol. The third-order valence-corrected chi connectivity index (χ3v) is 5.05. The zero-order chi connectivity index (χ0) is 25.0. The van der Waals surface area contributed by atoms with E-state index in [1.165, 1.54) is 12.1 Å². The maximum absolute atomic E-state index is 13.2. The molecule has 1 amide bonds. The van der Waals surface area contributed by atoms with Crippen LogP contribution in [0.25, 0.3) is 0 Å². The number of amides is 1. The van der Waals surface area contributed by atoms with Crippen LogP contribution in [0.3, 0.4) is 0 Å². The molecule has 178 valence electrons. The summed E-state index contributed by atoms with van der Waals surface area (Å²) in [4.78, 5) is 21.3. The lowest BCUT2D eigenvalue weighted by Crippen LogP contribution is -2.18. The molecule has 4 aromatic rings. The highest BCUT2D eigenvalue weighted by Gasteiger charge is 2.34. The lowest BCUT2D eigenvalue weighted by atomic mass is 10.1. The normalized spacial score (nSPS) is 11.1. The monoisotopic (exact) mass is 477 g/mol. The molecule has 0 aliphatic heterocycles. The van der Waals surface area contributed by atoms with Crippen LogP contribution in [-0.2, 0) is 6.18 Å². The summed E-state index contributed by atoms with van der Waals surface area (Å²) in [5.41, 5.74) is 2.37. The van der Waals surface area contributed by atoms with Crippen molar-refractivity contribution < 1.29 is 18.0 Å². The maximum atomic E-state index is 13.2. The van der Waals surface area contributed by atoms with Gasteiger partial charge in [-0.1, -0.05) is 29.8 Å². The summed E-state index contributed by atoms with van der Waals surface area (Å²) in [5.74, 6) is 0.152. The maximum Gasteiger partial charge on any atom is 0.417 e.